The van der Waals surface area contributed by atoms with Crippen LogP contribution in [0.25, 0.3) is 0 Å². The van der Waals surface area contributed by atoms with E-state index in [-0.39, 0.29) is 29.3 Å². The van der Waals surface area contributed by atoms with Gasteiger partial charge < -0.3 is 17.0 Å². The topological polar surface area (TPSA) is 59.9 Å². The van der Waals surface area contributed by atoms with Crippen LogP contribution < -0.4 is 21.5 Å². The zero-order chi connectivity index (χ0) is 12.4. The lowest BCUT2D eigenvalue weighted by atomic mass is 10.2. The second-order valence-electron chi connectivity index (χ2n) is 4.03. The Hall–Kier alpha value is -1.56. The number of nitrogens with zero attached hydrogens (tertiary/aromatic N) is 3. The van der Waals surface area contributed by atoms with Gasteiger partial charge in [-0.3, -0.25) is 4.79 Å². The fraction of sp³-hybridized carbons (Fsp3) is 0.333. The van der Waals surface area contributed by atoms with E-state index in [1.165, 1.54) is 0 Å². The molecular weight excluding hydrogens is 298 g/mol. The van der Waals surface area contributed by atoms with E-state index in [1.807, 2.05) is 36.7 Å². The SMILES string of the molecule is Cc1ccc[n+](CC(=O)c2nonc2C)c1C.[Br-]. The molecule has 0 N–H and O–H groups in total. The van der Waals surface area contributed by atoms with Crippen LogP contribution >= 0.6 is 0 Å². The van der Waals surface area contributed by atoms with Crippen molar-refractivity contribution in [2.75, 3.05) is 0 Å². The number of carbonyl (C=O) groups excluding carboxylic acids is 1. The smallest absolute Gasteiger partial charge is 0.251 e. The Morgan fingerprint density at radius 3 is 2.67 bits per heavy atom. The summed E-state index contributed by atoms with van der Waals surface area (Å²) in [6.07, 6.45) is 1.88. The number of pyridine rings is 1. The molecule has 0 fully saturated rings. The van der Waals surface area contributed by atoms with E-state index in [2.05, 4.69) is 14.9 Å². The Morgan fingerprint density at radius 2 is 2.06 bits per heavy atom. The molecule has 0 aliphatic carbocycles. The van der Waals surface area contributed by atoms with E-state index in [0.717, 1.165) is 11.3 Å². The van der Waals surface area contributed by atoms with E-state index < -0.39 is 0 Å². The number of rotatable bonds is 3. The van der Waals surface area contributed by atoms with Gasteiger partial charge in [-0.15, -0.1) is 0 Å². The number of Topliss-reactive ketones (excluding diaryl/α,β-unsaturated/α-hetero) is 1. The fourth-order valence-corrected chi connectivity index (χ4v) is 1.64. The lowest BCUT2D eigenvalue weighted by Crippen LogP contribution is -3.00. The zero-order valence-electron chi connectivity index (χ0n) is 10.5. The molecule has 0 bridgehead atoms. The molecule has 5 nitrogen and oxygen atoms in total. The number of hydrogen-bond donors (Lipinski definition) is 0. The zero-order valence-corrected chi connectivity index (χ0v) is 12.1. The first-order chi connectivity index (χ1) is 8.09. The highest BCUT2D eigenvalue weighted by Gasteiger charge is 2.20. The summed E-state index contributed by atoms with van der Waals surface area (Å²) in [4.78, 5) is 12.0. The van der Waals surface area contributed by atoms with Gasteiger partial charge in [-0.2, -0.15) is 4.57 Å². The number of halogens is 1. The summed E-state index contributed by atoms with van der Waals surface area (Å²) in [5, 5.41) is 7.22. The third kappa shape index (κ3) is 2.81. The summed E-state index contributed by atoms with van der Waals surface area (Å²) in [6, 6.07) is 3.93. The van der Waals surface area contributed by atoms with Crippen LogP contribution in [0.15, 0.2) is 23.0 Å². The van der Waals surface area contributed by atoms with Crippen molar-refractivity contribution in [2.45, 2.75) is 27.3 Å². The Labute approximate surface area is 116 Å². The average Bonchev–Trinajstić information content (AvgIpc) is 2.71. The predicted octanol–water partition coefficient (Wildman–Crippen LogP) is -1.83. The van der Waals surface area contributed by atoms with Gasteiger partial charge in [0.05, 0.1) is 0 Å². The summed E-state index contributed by atoms with van der Waals surface area (Å²) in [6.45, 7) is 5.95. The number of aromatic nitrogens is 3. The van der Waals surface area contributed by atoms with Crippen molar-refractivity contribution in [3.05, 3.63) is 41.0 Å². The molecule has 0 spiro atoms. The monoisotopic (exact) mass is 311 g/mol. The fourth-order valence-electron chi connectivity index (χ4n) is 1.64. The summed E-state index contributed by atoms with van der Waals surface area (Å²) >= 11 is 0. The summed E-state index contributed by atoms with van der Waals surface area (Å²) < 4.78 is 6.42. The molecule has 0 aliphatic rings. The van der Waals surface area contributed by atoms with Crippen molar-refractivity contribution < 1.29 is 31.0 Å². The average molecular weight is 312 g/mol. The van der Waals surface area contributed by atoms with Crippen LogP contribution in [0.5, 0.6) is 0 Å². The van der Waals surface area contributed by atoms with Crippen LogP contribution in [-0.4, -0.2) is 16.1 Å². The Morgan fingerprint density at radius 1 is 1.33 bits per heavy atom. The van der Waals surface area contributed by atoms with Crippen molar-refractivity contribution in [2.24, 2.45) is 0 Å². The van der Waals surface area contributed by atoms with E-state index >= 15 is 0 Å². The van der Waals surface area contributed by atoms with Gasteiger partial charge >= 0.3 is 0 Å². The lowest BCUT2D eigenvalue weighted by Gasteiger charge is -2.00. The molecule has 0 amide bonds. The lowest BCUT2D eigenvalue weighted by molar-refractivity contribution is -0.689. The maximum absolute atomic E-state index is 12.0. The van der Waals surface area contributed by atoms with E-state index in [9.17, 15) is 4.79 Å². The van der Waals surface area contributed by atoms with Crippen LogP contribution in [0, 0.1) is 20.8 Å². The van der Waals surface area contributed by atoms with Gasteiger partial charge in [-0.1, -0.05) is 5.16 Å². The van der Waals surface area contributed by atoms with Crippen molar-refractivity contribution >= 4 is 5.78 Å². The molecule has 0 saturated heterocycles. The maximum Gasteiger partial charge on any atom is 0.251 e. The molecule has 0 radical (unpaired) electrons. The van der Waals surface area contributed by atoms with E-state index in [0.29, 0.717) is 11.4 Å². The van der Waals surface area contributed by atoms with E-state index in [1.54, 1.807) is 6.92 Å². The van der Waals surface area contributed by atoms with Crippen LogP contribution in [0.3, 0.4) is 0 Å². The molecule has 0 aliphatic heterocycles. The molecule has 0 saturated carbocycles. The Balaban J connectivity index is 0.00000162. The predicted molar refractivity (Wildman–Crippen MR) is 59.5 cm³/mol. The minimum Gasteiger partial charge on any atom is -1.00 e. The third-order valence-electron chi connectivity index (χ3n) is 2.84. The molecule has 96 valence electrons. The van der Waals surface area contributed by atoms with Gasteiger partial charge in [0.25, 0.3) is 5.78 Å². The Kier molecular flexibility index (Phi) is 4.72. The highest BCUT2D eigenvalue weighted by Crippen LogP contribution is 2.03. The largest absolute Gasteiger partial charge is 1.00 e. The van der Waals surface area contributed by atoms with Gasteiger partial charge in [0, 0.05) is 18.6 Å². The molecule has 0 atom stereocenters. The third-order valence-corrected chi connectivity index (χ3v) is 2.84. The van der Waals surface area contributed by atoms with Crippen LogP contribution in [0.2, 0.25) is 0 Å². The van der Waals surface area contributed by atoms with Gasteiger partial charge in [0.2, 0.25) is 6.54 Å². The van der Waals surface area contributed by atoms with Gasteiger partial charge in [-0.25, -0.2) is 4.63 Å². The minimum atomic E-state index is -0.0950. The first-order valence-corrected chi connectivity index (χ1v) is 5.37. The van der Waals surface area contributed by atoms with Gasteiger partial charge in [0.1, 0.15) is 5.69 Å². The maximum atomic E-state index is 12.0. The summed E-state index contributed by atoms with van der Waals surface area (Å²) in [7, 11) is 0. The van der Waals surface area contributed by atoms with Crippen LogP contribution in [0.4, 0.5) is 0 Å². The Bertz CT molecular complexity index is 566. The number of hydrogen-bond acceptors (Lipinski definition) is 4. The molecule has 2 heterocycles. The highest BCUT2D eigenvalue weighted by molar-refractivity contribution is 5.93. The second-order valence-corrected chi connectivity index (χ2v) is 4.03. The molecule has 0 unspecified atom stereocenters. The van der Waals surface area contributed by atoms with Gasteiger partial charge in [-0.05, 0) is 25.1 Å². The van der Waals surface area contributed by atoms with Gasteiger partial charge in [0.15, 0.2) is 17.6 Å². The number of aryl methyl sites for hydroxylation is 2. The van der Waals surface area contributed by atoms with Crippen LogP contribution in [0.1, 0.15) is 27.4 Å². The molecule has 2 rings (SSSR count). The van der Waals surface area contributed by atoms with Crippen molar-refractivity contribution in [3.63, 3.8) is 0 Å². The standard InChI is InChI=1S/C12H14N3O2.BrH/c1-8-5-4-6-15(10(8)3)7-11(16)12-9(2)13-17-14-12;/h4-6H,7H2,1-3H3;1H/q+1;/p-1. The molecule has 18 heavy (non-hydrogen) atoms. The number of carbonyl (C=O) groups is 1. The summed E-state index contributed by atoms with van der Waals surface area (Å²) in [5.74, 6) is -0.0950. The summed E-state index contributed by atoms with van der Waals surface area (Å²) in [5.41, 5.74) is 3.05. The second kappa shape index (κ2) is 5.86. The van der Waals surface area contributed by atoms with Crippen molar-refractivity contribution in [1.29, 1.82) is 0 Å². The first-order valence-electron chi connectivity index (χ1n) is 5.37. The molecule has 2 aromatic rings. The first kappa shape index (κ1) is 14.5. The molecule has 0 aromatic carbocycles. The molecule has 2 aromatic heterocycles. The van der Waals surface area contributed by atoms with Crippen LogP contribution in [-0.2, 0) is 6.54 Å². The highest BCUT2D eigenvalue weighted by atomic mass is 79.9. The minimum absolute atomic E-state index is 0. The number of ketones is 1. The van der Waals surface area contributed by atoms with Crippen molar-refractivity contribution in [1.82, 2.24) is 10.3 Å². The van der Waals surface area contributed by atoms with Crippen molar-refractivity contribution in [3.8, 4) is 0 Å². The molecular formula is C12H14BrN3O2. The normalized spacial score (nSPS) is 9.94. The van der Waals surface area contributed by atoms with E-state index in [4.69, 9.17) is 0 Å². The molecule has 6 heteroatoms. The quantitative estimate of drug-likeness (QED) is 0.494.